The Kier molecular flexibility index (Phi) is 8.40. The molecule has 0 saturated carbocycles. The molecule has 1 aromatic heterocycles. The van der Waals surface area contributed by atoms with Crippen LogP contribution in [0.15, 0.2) is 10.5 Å². The number of aromatic nitrogens is 1. The van der Waals surface area contributed by atoms with Gasteiger partial charge in [-0.1, -0.05) is 5.16 Å². The molecule has 2 atom stereocenters. The molecule has 188 valence electrons. The molecule has 34 heavy (non-hydrogen) atoms. The quantitative estimate of drug-likeness (QED) is 0.0964. The van der Waals surface area contributed by atoms with Crippen LogP contribution in [0.2, 0.25) is 0 Å². The lowest BCUT2D eigenvalue weighted by molar-refractivity contribution is -0.174. The van der Waals surface area contributed by atoms with Crippen LogP contribution < -0.4 is 16.0 Å². The first kappa shape index (κ1) is 27.2. The number of rotatable bonds is 9. The minimum absolute atomic E-state index is 0.0160. The number of oxime groups is 1. The van der Waals surface area contributed by atoms with Crippen LogP contribution in [-0.2, 0) is 34.3 Å². The van der Waals surface area contributed by atoms with Gasteiger partial charge in [0.05, 0.1) is 6.04 Å². The van der Waals surface area contributed by atoms with Crippen molar-refractivity contribution < 1.29 is 50.2 Å². The van der Waals surface area contributed by atoms with Gasteiger partial charge in [-0.15, -0.1) is 22.9 Å². The van der Waals surface area contributed by atoms with Gasteiger partial charge in [-0.3, -0.25) is 23.7 Å². The van der Waals surface area contributed by atoms with Crippen molar-refractivity contribution in [2.24, 2.45) is 5.16 Å². The van der Waals surface area contributed by atoms with Crippen LogP contribution in [0.1, 0.15) is 5.69 Å². The third-order valence-corrected chi connectivity index (χ3v) is 5.89. The first-order valence-electron chi connectivity index (χ1n) is 8.60. The molecule has 2 rings (SSSR count). The van der Waals surface area contributed by atoms with Crippen LogP contribution in [0, 0.1) is 0 Å². The van der Waals surface area contributed by atoms with Crippen molar-refractivity contribution in [3.05, 3.63) is 11.1 Å². The van der Waals surface area contributed by atoms with Gasteiger partial charge in [-0.05, 0) is 0 Å². The molecule has 1 saturated heterocycles. The van der Waals surface area contributed by atoms with Crippen molar-refractivity contribution in [1.82, 2.24) is 19.9 Å². The topological polar surface area (TPSA) is 196 Å². The van der Waals surface area contributed by atoms with Crippen molar-refractivity contribution in [3.63, 3.8) is 0 Å². The zero-order chi connectivity index (χ0) is 25.8. The second-order valence-corrected chi connectivity index (χ2v) is 8.59. The third kappa shape index (κ3) is 6.30. The Hall–Kier alpha value is -3.03. The molecule has 20 heteroatoms. The third-order valence-electron chi connectivity index (χ3n) is 3.95. The highest BCUT2D eigenvalue weighted by Gasteiger charge is 2.54. The van der Waals surface area contributed by atoms with Crippen LogP contribution >= 0.6 is 22.9 Å². The van der Waals surface area contributed by atoms with Crippen LogP contribution in [0.4, 0.5) is 18.3 Å². The highest BCUT2D eigenvalue weighted by atomic mass is 35.5. The molecule has 0 aliphatic carbocycles. The summed E-state index contributed by atoms with van der Waals surface area (Å²) >= 11 is 6.23. The molecule has 0 radical (unpaired) electrons. The number of halogens is 4. The Morgan fingerprint density at radius 2 is 2.03 bits per heavy atom. The van der Waals surface area contributed by atoms with E-state index >= 15 is 0 Å². The van der Waals surface area contributed by atoms with E-state index in [1.807, 2.05) is 5.32 Å². The number of β-lactam (4-membered cyclic amide) rings is 1. The molecule has 0 spiro atoms. The SMILES string of the molecule is CO/N=C(\C(=O)N[C@H]1C(=O)N(S(=O)(=O)O)[C@H]1CNC(=O)C(F)(F)F)c1csc(NC(=O)CCl)n1. The number of amides is 4. The molecule has 0 bridgehead atoms. The monoisotopic (exact) mass is 550 g/mol. The molecule has 0 unspecified atom stereocenters. The Bertz CT molecular complexity index is 1120. The van der Waals surface area contributed by atoms with E-state index in [2.05, 4.69) is 20.3 Å². The van der Waals surface area contributed by atoms with Crippen molar-refractivity contribution >= 4 is 67.7 Å². The highest BCUT2D eigenvalue weighted by molar-refractivity contribution is 7.84. The molecule has 1 aliphatic rings. The summed E-state index contributed by atoms with van der Waals surface area (Å²) < 4.78 is 69.0. The fourth-order valence-corrected chi connectivity index (χ4v) is 4.21. The summed E-state index contributed by atoms with van der Waals surface area (Å²) in [5, 5.41) is 10.4. The van der Waals surface area contributed by atoms with E-state index in [-0.39, 0.29) is 21.0 Å². The summed E-state index contributed by atoms with van der Waals surface area (Å²) in [6.07, 6.45) is -5.31. The van der Waals surface area contributed by atoms with Gasteiger partial charge in [0.2, 0.25) is 5.91 Å². The zero-order valence-electron chi connectivity index (χ0n) is 16.6. The van der Waals surface area contributed by atoms with Crippen LogP contribution in [0.25, 0.3) is 0 Å². The van der Waals surface area contributed by atoms with Gasteiger partial charge in [0, 0.05) is 11.9 Å². The van der Waals surface area contributed by atoms with E-state index in [1.54, 1.807) is 0 Å². The first-order valence-corrected chi connectivity index (χ1v) is 11.4. The lowest BCUT2D eigenvalue weighted by Crippen LogP contribution is -2.74. The second kappa shape index (κ2) is 10.5. The van der Waals surface area contributed by atoms with Gasteiger partial charge < -0.3 is 20.8 Å². The van der Waals surface area contributed by atoms with E-state index < -0.39 is 64.4 Å². The Labute approximate surface area is 197 Å². The van der Waals surface area contributed by atoms with Crippen molar-refractivity contribution in [2.75, 3.05) is 24.9 Å². The molecule has 1 aliphatic heterocycles. The van der Waals surface area contributed by atoms with E-state index in [0.717, 1.165) is 18.4 Å². The number of nitrogens with one attached hydrogen (secondary N) is 3. The summed E-state index contributed by atoms with van der Waals surface area (Å²) in [6.45, 7) is -1.09. The summed E-state index contributed by atoms with van der Waals surface area (Å²) in [5.74, 6) is -6.00. The van der Waals surface area contributed by atoms with Crippen molar-refractivity contribution in [2.45, 2.75) is 18.3 Å². The minimum atomic E-state index is -5.31. The Morgan fingerprint density at radius 3 is 2.56 bits per heavy atom. The molecule has 4 N–H and O–H groups in total. The van der Waals surface area contributed by atoms with Crippen LogP contribution in [0.3, 0.4) is 0 Å². The predicted molar refractivity (Wildman–Crippen MR) is 108 cm³/mol. The van der Waals surface area contributed by atoms with E-state index in [0.29, 0.717) is 0 Å². The molecule has 1 fully saturated rings. The summed E-state index contributed by atoms with van der Waals surface area (Å²) in [4.78, 5) is 55.6. The molecule has 0 aromatic carbocycles. The van der Waals surface area contributed by atoms with Crippen molar-refractivity contribution in [1.29, 1.82) is 0 Å². The maximum Gasteiger partial charge on any atom is 0.471 e. The number of thiazole rings is 1. The molecule has 1 aromatic rings. The van der Waals surface area contributed by atoms with E-state index in [1.165, 1.54) is 10.7 Å². The molecular weight excluding hydrogens is 537 g/mol. The number of anilines is 1. The Morgan fingerprint density at radius 1 is 1.38 bits per heavy atom. The summed E-state index contributed by atoms with van der Waals surface area (Å²) in [7, 11) is -4.17. The maximum absolute atomic E-state index is 12.7. The van der Waals surface area contributed by atoms with Gasteiger partial charge in [0.15, 0.2) is 10.8 Å². The van der Waals surface area contributed by atoms with Gasteiger partial charge >= 0.3 is 22.4 Å². The molecular formula is C14H14ClF3N6O8S2. The van der Waals surface area contributed by atoms with Gasteiger partial charge in [0.25, 0.3) is 11.8 Å². The number of carbonyl (C=O) groups excluding carboxylic acids is 4. The zero-order valence-corrected chi connectivity index (χ0v) is 19.0. The fourth-order valence-electron chi connectivity index (χ4n) is 2.56. The molecule has 2 heterocycles. The highest BCUT2D eigenvalue weighted by Crippen LogP contribution is 2.24. The number of alkyl halides is 4. The Balaban J connectivity index is 2.22. The lowest BCUT2D eigenvalue weighted by Gasteiger charge is -2.44. The molecule has 14 nitrogen and oxygen atoms in total. The molecule has 4 amide bonds. The van der Waals surface area contributed by atoms with Crippen LogP contribution in [0.5, 0.6) is 0 Å². The second-order valence-electron chi connectivity index (χ2n) is 6.18. The fraction of sp³-hybridized carbons (Fsp3) is 0.429. The van der Waals surface area contributed by atoms with Gasteiger partial charge in [0.1, 0.15) is 24.7 Å². The van der Waals surface area contributed by atoms with Gasteiger partial charge in [-0.2, -0.15) is 21.6 Å². The number of nitrogens with zero attached hydrogens (tertiary/aromatic N) is 3. The smallest absolute Gasteiger partial charge is 0.398 e. The number of carbonyl (C=O) groups is 4. The van der Waals surface area contributed by atoms with Crippen LogP contribution in [-0.4, -0.2) is 89.4 Å². The van der Waals surface area contributed by atoms with Crippen molar-refractivity contribution in [3.8, 4) is 0 Å². The predicted octanol–water partition coefficient (Wildman–Crippen LogP) is -1.15. The summed E-state index contributed by atoms with van der Waals surface area (Å²) in [6, 6.07) is -3.57. The van der Waals surface area contributed by atoms with Gasteiger partial charge in [-0.25, -0.2) is 9.29 Å². The van der Waals surface area contributed by atoms with E-state index in [4.69, 9.17) is 16.2 Å². The van der Waals surface area contributed by atoms with E-state index in [9.17, 15) is 40.8 Å². The number of hydrogen-bond donors (Lipinski definition) is 4. The first-order chi connectivity index (χ1) is 15.7. The standard InChI is InChI=1S/C14H14ClF3N6O8S2/c1-32-23-8(5-4-33-13(20-5)21-7(25)2-15)10(26)22-9-6(3-19-12(28)14(16,17)18)24(11(9)27)34(29,30)31/h4,6,9H,2-3H2,1H3,(H,19,28)(H,22,26)(H,20,21,25)(H,29,30,31)/b23-8-/t6-,9+/m0/s1. The largest absolute Gasteiger partial charge is 0.471 e. The maximum atomic E-state index is 12.7. The number of hydrogen-bond acceptors (Lipinski definition) is 10. The average molecular weight is 551 g/mol. The lowest BCUT2D eigenvalue weighted by atomic mass is 9.98. The summed E-state index contributed by atoms with van der Waals surface area (Å²) in [5.41, 5.74) is -0.712. The average Bonchev–Trinajstić information content (AvgIpc) is 3.18. The normalized spacial score (nSPS) is 18.7. The minimum Gasteiger partial charge on any atom is -0.398 e.